The van der Waals surface area contributed by atoms with E-state index in [4.69, 9.17) is 4.42 Å². The summed E-state index contributed by atoms with van der Waals surface area (Å²) in [6, 6.07) is 7.41. The Morgan fingerprint density at radius 3 is 3.19 bits per heavy atom. The molecule has 0 aliphatic carbocycles. The lowest BCUT2D eigenvalue weighted by atomic mass is 10.1. The first-order valence-electron chi connectivity index (χ1n) is 6.97. The molecule has 1 aliphatic heterocycles. The second kappa shape index (κ2) is 4.73. The number of H-pyrrole nitrogens is 1. The molecule has 1 amide bonds. The molecule has 0 radical (unpaired) electrons. The van der Waals surface area contributed by atoms with E-state index >= 15 is 0 Å². The Balaban J connectivity index is 1.70. The van der Waals surface area contributed by atoms with Crippen LogP contribution in [0.2, 0.25) is 0 Å². The van der Waals surface area contributed by atoms with Gasteiger partial charge in [0.1, 0.15) is 16.8 Å². The lowest BCUT2D eigenvalue weighted by Gasteiger charge is -2.20. The predicted molar refractivity (Wildman–Crippen MR) is 75.7 cm³/mol. The zero-order chi connectivity index (χ0) is 14.2. The summed E-state index contributed by atoms with van der Waals surface area (Å²) in [6.07, 6.45) is 3.47. The fourth-order valence-electron chi connectivity index (χ4n) is 2.83. The van der Waals surface area contributed by atoms with Crippen LogP contribution in [0.1, 0.15) is 28.1 Å². The van der Waals surface area contributed by atoms with Crippen molar-refractivity contribution in [2.24, 2.45) is 0 Å². The predicted octanol–water partition coefficient (Wildman–Crippen LogP) is 2.14. The van der Waals surface area contributed by atoms with Crippen molar-refractivity contribution < 1.29 is 9.21 Å². The van der Waals surface area contributed by atoms with Crippen LogP contribution in [0.4, 0.5) is 0 Å². The van der Waals surface area contributed by atoms with Crippen molar-refractivity contribution in [3.8, 4) is 0 Å². The first-order chi connectivity index (χ1) is 10.3. The minimum Gasteiger partial charge on any atom is -0.469 e. The molecule has 4 rings (SSSR count). The number of fused-ring (bicyclic) bond motifs is 2. The van der Waals surface area contributed by atoms with E-state index in [-0.39, 0.29) is 5.91 Å². The third-order valence-corrected chi connectivity index (χ3v) is 3.90. The zero-order valence-electron chi connectivity index (χ0n) is 11.4. The summed E-state index contributed by atoms with van der Waals surface area (Å²) in [4.78, 5) is 14.7. The van der Waals surface area contributed by atoms with Gasteiger partial charge >= 0.3 is 0 Å². The first kappa shape index (κ1) is 12.1. The highest BCUT2D eigenvalue weighted by Gasteiger charge is 2.23. The van der Waals surface area contributed by atoms with Crippen LogP contribution in [0.15, 0.2) is 34.9 Å². The zero-order valence-corrected chi connectivity index (χ0v) is 11.4. The Morgan fingerprint density at radius 2 is 2.24 bits per heavy atom. The Bertz CT molecular complexity index is 805. The fraction of sp³-hybridized carbons (Fsp3) is 0.267. The van der Waals surface area contributed by atoms with Gasteiger partial charge in [0.05, 0.1) is 11.8 Å². The number of carbonyl (C=O) groups excluding carboxylic acids is 1. The van der Waals surface area contributed by atoms with Gasteiger partial charge in [0.2, 0.25) is 0 Å². The quantitative estimate of drug-likeness (QED) is 0.742. The molecule has 2 aromatic heterocycles. The Hall–Kier alpha value is -2.63. The summed E-state index contributed by atoms with van der Waals surface area (Å²) < 4.78 is 5.46. The topological polar surface area (TPSA) is 75.0 Å². The van der Waals surface area contributed by atoms with Gasteiger partial charge in [0.15, 0.2) is 0 Å². The number of aromatic nitrogens is 3. The van der Waals surface area contributed by atoms with Crippen LogP contribution >= 0.6 is 0 Å². The maximum Gasteiger partial charge on any atom is 0.256 e. The molecule has 0 fully saturated rings. The molecule has 0 unspecified atom stereocenters. The number of hydrogen-bond acceptors (Lipinski definition) is 4. The number of benzene rings is 1. The molecule has 6 nitrogen and oxygen atoms in total. The fourth-order valence-corrected chi connectivity index (χ4v) is 2.83. The van der Waals surface area contributed by atoms with Crippen molar-refractivity contribution in [1.82, 2.24) is 20.3 Å². The number of aromatic amines is 1. The molecule has 0 bridgehead atoms. The summed E-state index contributed by atoms with van der Waals surface area (Å²) in [6.45, 7) is 1.30. The third-order valence-electron chi connectivity index (χ3n) is 3.90. The molecule has 21 heavy (non-hydrogen) atoms. The highest BCUT2D eigenvalue weighted by molar-refractivity contribution is 6.04. The largest absolute Gasteiger partial charge is 0.469 e. The minimum absolute atomic E-state index is 0.0106. The first-order valence-corrected chi connectivity index (χ1v) is 6.97. The molecule has 106 valence electrons. The highest BCUT2D eigenvalue weighted by Crippen LogP contribution is 2.22. The van der Waals surface area contributed by atoms with Crippen LogP contribution < -0.4 is 0 Å². The number of furan rings is 1. The van der Waals surface area contributed by atoms with E-state index in [1.54, 1.807) is 12.3 Å². The van der Waals surface area contributed by atoms with E-state index in [9.17, 15) is 4.79 Å². The number of hydrogen-bond donors (Lipinski definition) is 1. The van der Waals surface area contributed by atoms with Crippen molar-refractivity contribution in [2.75, 3.05) is 6.54 Å². The molecule has 3 aromatic rings. The van der Waals surface area contributed by atoms with Gasteiger partial charge in [0, 0.05) is 25.1 Å². The van der Waals surface area contributed by atoms with Gasteiger partial charge in [-0.05, 0) is 24.6 Å². The lowest BCUT2D eigenvalue weighted by molar-refractivity contribution is 0.0747. The molecule has 6 heteroatoms. The van der Waals surface area contributed by atoms with Crippen LogP contribution in [0, 0.1) is 0 Å². The lowest BCUT2D eigenvalue weighted by Crippen LogP contribution is -2.30. The Kier molecular flexibility index (Phi) is 2.73. The van der Waals surface area contributed by atoms with Crippen molar-refractivity contribution in [3.05, 3.63) is 47.4 Å². The van der Waals surface area contributed by atoms with Gasteiger partial charge < -0.3 is 9.32 Å². The smallest absolute Gasteiger partial charge is 0.256 e. The molecule has 3 heterocycles. The number of amides is 1. The van der Waals surface area contributed by atoms with Crippen LogP contribution in [0.25, 0.3) is 11.0 Å². The van der Waals surface area contributed by atoms with Crippen LogP contribution in [0.3, 0.4) is 0 Å². The van der Waals surface area contributed by atoms with Gasteiger partial charge in [-0.15, -0.1) is 0 Å². The maximum atomic E-state index is 12.8. The summed E-state index contributed by atoms with van der Waals surface area (Å²) in [5.74, 6) is 0.980. The number of rotatable bonds is 1. The van der Waals surface area contributed by atoms with E-state index in [0.29, 0.717) is 23.1 Å². The number of para-hydroxylation sites is 1. The van der Waals surface area contributed by atoms with Crippen LogP contribution in [-0.2, 0) is 13.0 Å². The SMILES string of the molecule is O=C(c1cccc2n[nH]nc12)N1CCCc2occc2C1. The molecular formula is C15H14N4O2. The monoisotopic (exact) mass is 282 g/mol. The summed E-state index contributed by atoms with van der Waals surface area (Å²) in [5.41, 5.74) is 3.01. The summed E-state index contributed by atoms with van der Waals surface area (Å²) >= 11 is 0. The Labute approximate surface area is 120 Å². The van der Waals surface area contributed by atoms with E-state index in [2.05, 4.69) is 15.4 Å². The van der Waals surface area contributed by atoms with Gasteiger partial charge in [-0.3, -0.25) is 4.79 Å². The number of aryl methyl sites for hydroxylation is 1. The van der Waals surface area contributed by atoms with Crippen molar-refractivity contribution in [3.63, 3.8) is 0 Å². The highest BCUT2D eigenvalue weighted by atomic mass is 16.3. The van der Waals surface area contributed by atoms with Gasteiger partial charge in [0.25, 0.3) is 5.91 Å². The van der Waals surface area contributed by atoms with Crippen LogP contribution in [0.5, 0.6) is 0 Å². The van der Waals surface area contributed by atoms with E-state index in [1.807, 2.05) is 23.1 Å². The standard InChI is InChI=1S/C15H14N4O2/c20-15(11-3-1-4-12-14(11)17-18-16-12)19-7-2-5-13-10(9-19)6-8-21-13/h1,3-4,6,8H,2,5,7,9H2,(H,16,17,18). The molecule has 1 aliphatic rings. The van der Waals surface area contributed by atoms with E-state index < -0.39 is 0 Å². The van der Waals surface area contributed by atoms with E-state index in [1.165, 1.54) is 0 Å². The Morgan fingerprint density at radius 1 is 1.29 bits per heavy atom. The molecular weight excluding hydrogens is 268 g/mol. The van der Waals surface area contributed by atoms with Gasteiger partial charge in [-0.1, -0.05) is 6.07 Å². The van der Waals surface area contributed by atoms with Crippen molar-refractivity contribution in [2.45, 2.75) is 19.4 Å². The van der Waals surface area contributed by atoms with Crippen molar-refractivity contribution in [1.29, 1.82) is 0 Å². The van der Waals surface area contributed by atoms with Crippen molar-refractivity contribution >= 4 is 16.9 Å². The second-order valence-electron chi connectivity index (χ2n) is 5.20. The number of nitrogens with zero attached hydrogens (tertiary/aromatic N) is 3. The van der Waals surface area contributed by atoms with E-state index in [0.717, 1.165) is 30.7 Å². The second-order valence-corrected chi connectivity index (χ2v) is 5.20. The molecule has 0 atom stereocenters. The van der Waals surface area contributed by atoms with Gasteiger partial charge in [-0.2, -0.15) is 15.4 Å². The summed E-state index contributed by atoms with van der Waals surface area (Å²) in [7, 11) is 0. The third kappa shape index (κ3) is 1.99. The van der Waals surface area contributed by atoms with Crippen LogP contribution in [-0.4, -0.2) is 32.8 Å². The average Bonchev–Trinajstić information content (AvgIpc) is 3.11. The molecule has 0 spiro atoms. The summed E-state index contributed by atoms with van der Waals surface area (Å²) in [5, 5.41) is 10.7. The number of nitrogens with one attached hydrogen (secondary N) is 1. The molecule has 1 N–H and O–H groups in total. The minimum atomic E-state index is -0.0106. The molecule has 0 saturated carbocycles. The number of carbonyl (C=O) groups is 1. The van der Waals surface area contributed by atoms with Gasteiger partial charge in [-0.25, -0.2) is 0 Å². The average molecular weight is 282 g/mol. The molecule has 0 saturated heterocycles. The normalized spacial score (nSPS) is 15.0. The molecule has 1 aromatic carbocycles. The maximum absolute atomic E-state index is 12.8.